The average Bonchev–Trinajstić information content (AvgIpc) is 2.64. The van der Waals surface area contributed by atoms with E-state index in [2.05, 4.69) is 10.6 Å². The van der Waals surface area contributed by atoms with E-state index in [0.29, 0.717) is 29.5 Å². The smallest absolute Gasteiger partial charge is 0.224 e. The number of carbonyl (C=O) groups is 1. The van der Waals surface area contributed by atoms with Crippen LogP contribution in [0.2, 0.25) is 0 Å². The van der Waals surface area contributed by atoms with Crippen molar-refractivity contribution in [3.05, 3.63) is 54.3 Å². The average molecular weight is 379 g/mol. The van der Waals surface area contributed by atoms with Crippen LogP contribution in [0.4, 0.5) is 10.1 Å². The van der Waals surface area contributed by atoms with Crippen LogP contribution >= 0.6 is 12.4 Å². The molecule has 0 aromatic heterocycles. The lowest BCUT2D eigenvalue weighted by molar-refractivity contribution is -0.116. The molecule has 2 aromatic carbocycles. The van der Waals surface area contributed by atoms with Gasteiger partial charge in [0.05, 0.1) is 5.69 Å². The summed E-state index contributed by atoms with van der Waals surface area (Å²) >= 11 is 0. The molecule has 0 unspecified atom stereocenters. The maximum Gasteiger partial charge on any atom is 0.224 e. The van der Waals surface area contributed by atoms with E-state index in [1.54, 1.807) is 0 Å². The quantitative estimate of drug-likeness (QED) is 0.762. The second-order valence-corrected chi connectivity index (χ2v) is 6.34. The zero-order chi connectivity index (χ0) is 17.5. The van der Waals surface area contributed by atoms with Crippen LogP contribution in [-0.4, -0.2) is 19.0 Å². The molecule has 0 radical (unpaired) electrons. The van der Waals surface area contributed by atoms with Gasteiger partial charge >= 0.3 is 0 Å². The fraction of sp³-hybridized carbons (Fsp3) is 0.350. The first kappa shape index (κ1) is 20.2. The summed E-state index contributed by atoms with van der Waals surface area (Å²) in [6, 6.07) is 13.4. The molecular formula is C20H24ClFN2O2. The summed E-state index contributed by atoms with van der Waals surface area (Å²) in [4.78, 5) is 12.3. The molecule has 1 aliphatic heterocycles. The lowest BCUT2D eigenvalue weighted by Crippen LogP contribution is -2.28. The molecule has 3 rings (SSSR count). The molecule has 1 aliphatic rings. The zero-order valence-electron chi connectivity index (χ0n) is 14.5. The molecule has 0 bridgehead atoms. The monoisotopic (exact) mass is 378 g/mol. The van der Waals surface area contributed by atoms with Crippen molar-refractivity contribution in [1.82, 2.24) is 5.32 Å². The van der Waals surface area contributed by atoms with Crippen molar-refractivity contribution in [3.63, 3.8) is 0 Å². The van der Waals surface area contributed by atoms with Crippen molar-refractivity contribution in [3.8, 4) is 11.5 Å². The molecule has 1 amide bonds. The van der Waals surface area contributed by atoms with Crippen LogP contribution in [0.15, 0.2) is 48.5 Å². The number of anilines is 1. The number of carbonyl (C=O) groups excluding carboxylic acids is 1. The molecule has 1 fully saturated rings. The van der Waals surface area contributed by atoms with E-state index in [-0.39, 0.29) is 18.3 Å². The first-order chi connectivity index (χ1) is 12.2. The van der Waals surface area contributed by atoms with Crippen LogP contribution in [0.3, 0.4) is 0 Å². The second kappa shape index (κ2) is 10.1. The molecule has 0 atom stereocenters. The Hall–Kier alpha value is -2.11. The predicted octanol–water partition coefficient (Wildman–Crippen LogP) is 4.76. The summed E-state index contributed by atoms with van der Waals surface area (Å²) in [5, 5.41) is 6.11. The van der Waals surface area contributed by atoms with Gasteiger partial charge in [0.1, 0.15) is 11.6 Å². The minimum absolute atomic E-state index is 0. The predicted molar refractivity (Wildman–Crippen MR) is 104 cm³/mol. The molecule has 2 aromatic rings. The Labute approximate surface area is 159 Å². The Kier molecular flexibility index (Phi) is 7.88. The van der Waals surface area contributed by atoms with E-state index in [1.165, 1.54) is 18.2 Å². The molecule has 26 heavy (non-hydrogen) atoms. The largest absolute Gasteiger partial charge is 0.455 e. The van der Waals surface area contributed by atoms with Crippen molar-refractivity contribution in [2.75, 3.05) is 18.4 Å². The third-order valence-electron chi connectivity index (χ3n) is 4.43. The van der Waals surface area contributed by atoms with E-state index >= 15 is 0 Å². The van der Waals surface area contributed by atoms with Gasteiger partial charge in [-0.25, -0.2) is 4.39 Å². The Balaban J connectivity index is 0.00000243. The number of amides is 1. The second-order valence-electron chi connectivity index (χ2n) is 6.34. The molecule has 1 saturated heterocycles. The van der Waals surface area contributed by atoms with Crippen molar-refractivity contribution < 1.29 is 13.9 Å². The lowest BCUT2D eigenvalue weighted by Gasteiger charge is -2.22. The molecule has 0 spiro atoms. The third-order valence-corrected chi connectivity index (χ3v) is 4.43. The van der Waals surface area contributed by atoms with Gasteiger partial charge in [-0.1, -0.05) is 18.2 Å². The SMILES string of the molecule is Cl.O=C(CCC1CCNCC1)Nc1cc(F)ccc1Oc1ccccc1. The summed E-state index contributed by atoms with van der Waals surface area (Å²) in [5.41, 5.74) is 0.360. The lowest BCUT2D eigenvalue weighted by atomic mass is 9.93. The van der Waals surface area contributed by atoms with Crippen molar-refractivity contribution >= 4 is 24.0 Å². The Morgan fingerprint density at radius 2 is 1.88 bits per heavy atom. The number of ether oxygens (including phenoxy) is 1. The van der Waals surface area contributed by atoms with Gasteiger partial charge in [0.25, 0.3) is 0 Å². The number of rotatable bonds is 6. The molecule has 0 saturated carbocycles. The fourth-order valence-electron chi connectivity index (χ4n) is 3.02. The van der Waals surface area contributed by atoms with Gasteiger partial charge in [-0.3, -0.25) is 4.79 Å². The number of halogens is 2. The molecule has 4 nitrogen and oxygen atoms in total. The maximum atomic E-state index is 13.6. The van der Waals surface area contributed by atoms with Gasteiger partial charge in [-0.05, 0) is 62.5 Å². The highest BCUT2D eigenvalue weighted by Gasteiger charge is 2.16. The highest BCUT2D eigenvalue weighted by molar-refractivity contribution is 5.92. The van der Waals surface area contributed by atoms with E-state index in [1.807, 2.05) is 30.3 Å². The van der Waals surface area contributed by atoms with Crippen LogP contribution in [0.5, 0.6) is 11.5 Å². The van der Waals surface area contributed by atoms with Crippen LogP contribution < -0.4 is 15.4 Å². The van der Waals surface area contributed by atoms with Gasteiger partial charge < -0.3 is 15.4 Å². The number of para-hydroxylation sites is 1. The van der Waals surface area contributed by atoms with Gasteiger partial charge in [-0.2, -0.15) is 0 Å². The van der Waals surface area contributed by atoms with Gasteiger partial charge in [-0.15, -0.1) is 12.4 Å². The minimum atomic E-state index is -0.408. The third kappa shape index (κ3) is 6.00. The Bertz CT molecular complexity index is 706. The van der Waals surface area contributed by atoms with Crippen molar-refractivity contribution in [2.24, 2.45) is 5.92 Å². The van der Waals surface area contributed by atoms with E-state index < -0.39 is 5.82 Å². The van der Waals surface area contributed by atoms with Crippen LogP contribution in [0.1, 0.15) is 25.7 Å². The number of nitrogens with one attached hydrogen (secondary N) is 2. The molecule has 1 heterocycles. The molecule has 6 heteroatoms. The topological polar surface area (TPSA) is 50.4 Å². The maximum absolute atomic E-state index is 13.6. The first-order valence-electron chi connectivity index (χ1n) is 8.74. The van der Waals surface area contributed by atoms with Crippen molar-refractivity contribution in [2.45, 2.75) is 25.7 Å². The fourth-order valence-corrected chi connectivity index (χ4v) is 3.02. The van der Waals surface area contributed by atoms with Crippen LogP contribution in [0, 0.1) is 11.7 Å². The van der Waals surface area contributed by atoms with Crippen LogP contribution in [-0.2, 0) is 4.79 Å². The van der Waals surface area contributed by atoms with E-state index in [9.17, 15) is 9.18 Å². The van der Waals surface area contributed by atoms with Crippen LogP contribution in [0.25, 0.3) is 0 Å². The summed E-state index contributed by atoms with van der Waals surface area (Å²) in [5.74, 6) is 1.14. The minimum Gasteiger partial charge on any atom is -0.455 e. The first-order valence-corrected chi connectivity index (χ1v) is 8.74. The Morgan fingerprint density at radius 3 is 2.62 bits per heavy atom. The summed E-state index contributed by atoms with van der Waals surface area (Å²) in [7, 11) is 0. The van der Waals surface area contributed by atoms with Gasteiger partial charge in [0.2, 0.25) is 5.91 Å². The standard InChI is InChI=1S/C20H23FN2O2.ClH/c21-16-7-8-19(25-17-4-2-1-3-5-17)18(14-16)23-20(24)9-6-15-10-12-22-13-11-15;/h1-5,7-8,14-15,22H,6,9-13H2,(H,23,24);1H. The summed E-state index contributed by atoms with van der Waals surface area (Å²) in [6.07, 6.45) is 3.51. The van der Waals surface area contributed by atoms with Gasteiger partial charge in [0, 0.05) is 12.5 Å². The number of hydrogen-bond acceptors (Lipinski definition) is 3. The summed E-state index contributed by atoms with van der Waals surface area (Å²) < 4.78 is 19.4. The highest BCUT2D eigenvalue weighted by Crippen LogP contribution is 2.30. The summed E-state index contributed by atoms with van der Waals surface area (Å²) in [6.45, 7) is 2.04. The molecule has 140 valence electrons. The number of piperidine rings is 1. The number of benzene rings is 2. The normalized spacial score (nSPS) is 14.3. The van der Waals surface area contributed by atoms with E-state index in [0.717, 1.165) is 32.4 Å². The molecular weight excluding hydrogens is 355 g/mol. The highest BCUT2D eigenvalue weighted by atomic mass is 35.5. The van der Waals surface area contributed by atoms with Crippen molar-refractivity contribution in [1.29, 1.82) is 0 Å². The Morgan fingerprint density at radius 1 is 1.15 bits per heavy atom. The zero-order valence-corrected chi connectivity index (χ0v) is 15.4. The molecule has 0 aliphatic carbocycles. The van der Waals surface area contributed by atoms with E-state index in [4.69, 9.17) is 4.74 Å². The van der Waals surface area contributed by atoms with Gasteiger partial charge in [0.15, 0.2) is 5.75 Å². The number of hydrogen-bond donors (Lipinski definition) is 2. The molecule has 2 N–H and O–H groups in total.